The molecule has 33 heavy (non-hydrogen) atoms. The summed E-state index contributed by atoms with van der Waals surface area (Å²) in [7, 11) is -1.57. The molecule has 0 saturated carbocycles. The SMILES string of the molecule is CC(=O)OC1CC(n2cc(F)c(=O)[nH]c2=O)OC1COP(OCCC#N)N(C(C)C)C(C)C. The third kappa shape index (κ3) is 7.42. The first kappa shape index (κ1) is 27.1. The van der Waals surface area contributed by atoms with Gasteiger partial charge in [-0.15, -0.1) is 0 Å². The average molecular weight is 488 g/mol. The van der Waals surface area contributed by atoms with Gasteiger partial charge >= 0.3 is 11.7 Å². The third-order valence-electron chi connectivity index (χ3n) is 4.74. The quantitative estimate of drug-likeness (QED) is 0.282. The molecule has 0 spiro atoms. The molecule has 1 aliphatic heterocycles. The van der Waals surface area contributed by atoms with Crippen LogP contribution in [-0.2, 0) is 23.3 Å². The molecule has 4 unspecified atom stereocenters. The number of halogens is 1. The molecule has 1 saturated heterocycles. The normalized spacial score (nSPS) is 21.5. The first-order valence-electron chi connectivity index (χ1n) is 10.6. The van der Waals surface area contributed by atoms with Gasteiger partial charge in [0, 0.05) is 25.4 Å². The smallest absolute Gasteiger partial charge is 0.330 e. The standard InChI is InChI=1S/C20H30FN4O7P/c1-12(2)25(13(3)4)33(29-8-6-7-22)30-11-17-16(31-14(5)26)9-18(32-17)24-10-15(21)19(27)23-20(24)28/h10,12-13,16-18H,6,8-9,11H2,1-5H3,(H,23,27,28). The van der Waals surface area contributed by atoms with E-state index in [9.17, 15) is 18.8 Å². The molecule has 1 aromatic heterocycles. The summed E-state index contributed by atoms with van der Waals surface area (Å²) in [5.74, 6) is -1.69. The van der Waals surface area contributed by atoms with Crippen molar-refractivity contribution in [2.45, 2.75) is 78.0 Å². The lowest BCUT2D eigenvalue weighted by Gasteiger charge is -2.36. The lowest BCUT2D eigenvalue weighted by Crippen LogP contribution is -2.36. The van der Waals surface area contributed by atoms with Crippen molar-refractivity contribution >= 4 is 14.5 Å². The van der Waals surface area contributed by atoms with Gasteiger partial charge in [0.1, 0.15) is 18.4 Å². The molecule has 1 fully saturated rings. The van der Waals surface area contributed by atoms with Crippen LogP contribution in [0.25, 0.3) is 0 Å². The molecule has 0 aromatic carbocycles. The number of esters is 1. The molecule has 0 amide bonds. The fraction of sp³-hybridized carbons (Fsp3) is 0.700. The number of carbonyl (C=O) groups is 1. The van der Waals surface area contributed by atoms with Gasteiger partial charge in [0.15, 0.2) is 0 Å². The number of aromatic amines is 1. The molecule has 2 heterocycles. The number of ether oxygens (including phenoxy) is 2. The molecule has 0 radical (unpaired) electrons. The molecule has 4 atom stereocenters. The zero-order valence-corrected chi connectivity index (χ0v) is 20.2. The predicted octanol–water partition coefficient (Wildman–Crippen LogP) is 2.19. The van der Waals surface area contributed by atoms with E-state index in [1.165, 1.54) is 6.92 Å². The largest absolute Gasteiger partial charge is 0.460 e. The van der Waals surface area contributed by atoms with E-state index in [0.717, 1.165) is 10.8 Å². The Morgan fingerprint density at radius 1 is 1.36 bits per heavy atom. The molecular formula is C20H30FN4O7P. The van der Waals surface area contributed by atoms with Gasteiger partial charge in [-0.25, -0.2) is 9.46 Å². The van der Waals surface area contributed by atoms with Crippen molar-refractivity contribution < 1.29 is 27.7 Å². The number of aromatic nitrogens is 2. The van der Waals surface area contributed by atoms with E-state index < -0.39 is 50.0 Å². The van der Waals surface area contributed by atoms with Crippen LogP contribution < -0.4 is 11.2 Å². The van der Waals surface area contributed by atoms with E-state index in [1.54, 1.807) is 0 Å². The minimum Gasteiger partial charge on any atom is -0.460 e. The van der Waals surface area contributed by atoms with Gasteiger partial charge in [-0.3, -0.25) is 19.1 Å². The number of rotatable bonds is 11. The Bertz CT molecular complexity index is 953. The fourth-order valence-corrected chi connectivity index (χ4v) is 5.10. The van der Waals surface area contributed by atoms with Crippen molar-refractivity contribution in [1.82, 2.24) is 14.2 Å². The Morgan fingerprint density at radius 3 is 2.61 bits per heavy atom. The topological polar surface area (TPSA) is 136 Å². The van der Waals surface area contributed by atoms with Gasteiger partial charge in [-0.05, 0) is 27.7 Å². The second-order valence-electron chi connectivity index (χ2n) is 8.00. The first-order valence-corrected chi connectivity index (χ1v) is 11.7. The fourth-order valence-electron chi connectivity index (χ4n) is 3.48. The highest BCUT2D eigenvalue weighted by molar-refractivity contribution is 7.44. The highest BCUT2D eigenvalue weighted by Crippen LogP contribution is 2.47. The Balaban J connectivity index is 2.21. The van der Waals surface area contributed by atoms with Crippen LogP contribution in [0.3, 0.4) is 0 Å². The van der Waals surface area contributed by atoms with E-state index in [2.05, 4.69) is 0 Å². The molecule has 13 heteroatoms. The number of nitrogens with zero attached hydrogens (tertiary/aromatic N) is 3. The Morgan fingerprint density at radius 2 is 2.03 bits per heavy atom. The number of nitrogens with one attached hydrogen (secondary N) is 1. The maximum absolute atomic E-state index is 13.7. The lowest BCUT2D eigenvalue weighted by atomic mass is 10.2. The van der Waals surface area contributed by atoms with Gasteiger partial charge in [-0.1, -0.05) is 0 Å². The Labute approximate surface area is 192 Å². The van der Waals surface area contributed by atoms with Crippen molar-refractivity contribution in [1.29, 1.82) is 5.26 Å². The highest BCUT2D eigenvalue weighted by Gasteiger charge is 2.40. The number of hydrogen-bond acceptors (Lipinski definition) is 9. The zero-order chi connectivity index (χ0) is 24.7. The summed E-state index contributed by atoms with van der Waals surface area (Å²) in [5, 5.41) is 8.83. The summed E-state index contributed by atoms with van der Waals surface area (Å²) >= 11 is 0. The predicted molar refractivity (Wildman–Crippen MR) is 117 cm³/mol. The Hall–Kier alpha value is -2.16. The van der Waals surface area contributed by atoms with Gasteiger partial charge < -0.3 is 18.5 Å². The summed E-state index contributed by atoms with van der Waals surface area (Å²) in [6, 6.07) is 2.20. The van der Waals surface area contributed by atoms with Crippen molar-refractivity contribution in [3.63, 3.8) is 0 Å². The van der Waals surface area contributed by atoms with Crippen LogP contribution in [0.1, 0.15) is 53.7 Å². The second kappa shape index (κ2) is 12.3. The van der Waals surface area contributed by atoms with E-state index in [-0.39, 0.29) is 38.1 Å². The van der Waals surface area contributed by atoms with E-state index in [4.69, 9.17) is 23.8 Å². The van der Waals surface area contributed by atoms with Crippen LogP contribution in [0.15, 0.2) is 15.8 Å². The Kier molecular flexibility index (Phi) is 10.1. The zero-order valence-electron chi connectivity index (χ0n) is 19.3. The average Bonchev–Trinajstić information content (AvgIpc) is 3.09. The third-order valence-corrected chi connectivity index (χ3v) is 6.82. The van der Waals surface area contributed by atoms with Crippen molar-refractivity contribution in [3.05, 3.63) is 32.9 Å². The van der Waals surface area contributed by atoms with Crippen LogP contribution in [0.5, 0.6) is 0 Å². The number of nitriles is 1. The van der Waals surface area contributed by atoms with E-state index in [1.807, 2.05) is 43.4 Å². The van der Waals surface area contributed by atoms with Gasteiger partial charge in [0.2, 0.25) is 5.82 Å². The molecule has 1 aliphatic rings. The maximum atomic E-state index is 13.7. The van der Waals surface area contributed by atoms with Crippen molar-refractivity contribution in [2.75, 3.05) is 13.2 Å². The van der Waals surface area contributed by atoms with Gasteiger partial charge in [-0.2, -0.15) is 9.65 Å². The molecule has 184 valence electrons. The highest BCUT2D eigenvalue weighted by atomic mass is 31.2. The van der Waals surface area contributed by atoms with E-state index in [0.29, 0.717) is 0 Å². The summed E-state index contributed by atoms with van der Waals surface area (Å²) in [4.78, 5) is 36.9. The maximum Gasteiger partial charge on any atom is 0.330 e. The second-order valence-corrected chi connectivity index (χ2v) is 9.45. The van der Waals surface area contributed by atoms with Crippen LogP contribution in [-0.4, -0.2) is 57.7 Å². The molecule has 0 bridgehead atoms. The monoisotopic (exact) mass is 488 g/mol. The minimum absolute atomic E-state index is 0.0385. The van der Waals surface area contributed by atoms with Crippen LogP contribution in [0, 0.1) is 17.1 Å². The van der Waals surface area contributed by atoms with Crippen molar-refractivity contribution in [3.8, 4) is 6.07 Å². The summed E-state index contributed by atoms with van der Waals surface area (Å²) in [6.07, 6.45) is -1.49. The van der Waals surface area contributed by atoms with Crippen LogP contribution >= 0.6 is 8.53 Å². The molecule has 1 N–H and O–H groups in total. The minimum atomic E-state index is -1.57. The van der Waals surface area contributed by atoms with Gasteiger partial charge in [0.05, 0.1) is 31.9 Å². The molecule has 0 aliphatic carbocycles. The number of carbonyl (C=O) groups excluding carboxylic acids is 1. The molecule has 11 nitrogen and oxygen atoms in total. The van der Waals surface area contributed by atoms with E-state index >= 15 is 0 Å². The lowest BCUT2D eigenvalue weighted by molar-refractivity contribution is -0.150. The molecule has 2 rings (SSSR count). The number of H-pyrrole nitrogens is 1. The summed E-state index contributed by atoms with van der Waals surface area (Å²) in [6.45, 7) is 9.37. The number of hydrogen-bond donors (Lipinski definition) is 1. The molecular weight excluding hydrogens is 458 g/mol. The van der Waals surface area contributed by atoms with Crippen LogP contribution in [0.2, 0.25) is 0 Å². The molecule has 1 aromatic rings. The van der Waals surface area contributed by atoms with Crippen molar-refractivity contribution in [2.24, 2.45) is 0 Å². The van der Waals surface area contributed by atoms with Crippen LogP contribution in [0.4, 0.5) is 4.39 Å². The summed E-state index contributed by atoms with van der Waals surface area (Å²) < 4.78 is 39.8. The first-order chi connectivity index (χ1) is 15.5. The van der Waals surface area contributed by atoms with Gasteiger partial charge in [0.25, 0.3) is 14.1 Å². The summed E-state index contributed by atoms with van der Waals surface area (Å²) in [5.41, 5.74) is -1.98.